The third kappa shape index (κ3) is 2.02. The monoisotopic (exact) mass is 181 g/mol. The van der Waals surface area contributed by atoms with E-state index in [0.717, 1.165) is 18.8 Å². The van der Waals surface area contributed by atoms with E-state index in [-0.39, 0.29) is 0 Å². The van der Waals surface area contributed by atoms with Crippen LogP contribution in [0.2, 0.25) is 0 Å². The summed E-state index contributed by atoms with van der Waals surface area (Å²) in [6, 6.07) is 0. The average Bonchev–Trinajstić information content (AvgIpc) is 2.77. The summed E-state index contributed by atoms with van der Waals surface area (Å²) in [5.74, 6) is -0.247. The van der Waals surface area contributed by atoms with Crippen molar-refractivity contribution in [2.24, 2.45) is 5.92 Å². The number of hydrogen-bond acceptors (Lipinski definition) is 2. The lowest BCUT2D eigenvalue weighted by Crippen LogP contribution is -2.20. The second-order valence-electron chi connectivity index (χ2n) is 3.88. The lowest BCUT2D eigenvalue weighted by atomic mass is 10.2. The van der Waals surface area contributed by atoms with E-state index in [4.69, 9.17) is 5.11 Å². The molecule has 0 aromatic carbocycles. The maximum atomic E-state index is 10.6. The summed E-state index contributed by atoms with van der Waals surface area (Å²) in [7, 11) is 0. The number of nitrogens with zero attached hydrogens (tertiary/aromatic N) is 1. The second kappa shape index (κ2) is 3.40. The Bertz CT molecular complexity index is 237. The SMILES string of the molecule is O=C(O)C=C(C1CC1)N1CCCC1. The molecule has 0 aromatic heterocycles. The number of carboxylic acid groups (broad SMARTS) is 1. The van der Waals surface area contributed by atoms with Gasteiger partial charge < -0.3 is 10.0 Å². The van der Waals surface area contributed by atoms with Gasteiger partial charge in [0.05, 0.1) is 0 Å². The summed E-state index contributed by atoms with van der Waals surface area (Å²) in [4.78, 5) is 12.8. The van der Waals surface area contributed by atoms with Gasteiger partial charge in [0.1, 0.15) is 0 Å². The molecule has 1 aliphatic heterocycles. The average molecular weight is 181 g/mol. The van der Waals surface area contributed by atoms with E-state index in [1.165, 1.54) is 31.8 Å². The first-order valence-corrected chi connectivity index (χ1v) is 4.97. The number of allylic oxidation sites excluding steroid dienone is 1. The first-order valence-electron chi connectivity index (χ1n) is 4.97. The number of aliphatic carboxylic acids is 1. The van der Waals surface area contributed by atoms with Crippen molar-refractivity contribution in [1.29, 1.82) is 0 Å². The van der Waals surface area contributed by atoms with Crippen molar-refractivity contribution in [3.63, 3.8) is 0 Å². The predicted molar refractivity (Wildman–Crippen MR) is 49.2 cm³/mol. The van der Waals surface area contributed by atoms with E-state index < -0.39 is 5.97 Å². The van der Waals surface area contributed by atoms with Crippen LogP contribution in [-0.2, 0) is 4.79 Å². The number of carbonyl (C=O) groups is 1. The molecule has 1 saturated heterocycles. The summed E-state index contributed by atoms with van der Waals surface area (Å²) in [5, 5.41) is 8.72. The number of rotatable bonds is 3. The molecule has 2 fully saturated rings. The Morgan fingerprint density at radius 1 is 1.31 bits per heavy atom. The highest BCUT2D eigenvalue weighted by Crippen LogP contribution is 2.39. The zero-order valence-corrected chi connectivity index (χ0v) is 7.70. The van der Waals surface area contributed by atoms with Crippen LogP contribution in [0.15, 0.2) is 11.8 Å². The molecule has 3 nitrogen and oxygen atoms in total. The van der Waals surface area contributed by atoms with Crippen molar-refractivity contribution in [2.75, 3.05) is 13.1 Å². The summed E-state index contributed by atoms with van der Waals surface area (Å²) in [5.41, 5.74) is 1.07. The van der Waals surface area contributed by atoms with Crippen LogP contribution in [0.25, 0.3) is 0 Å². The van der Waals surface area contributed by atoms with Crippen LogP contribution >= 0.6 is 0 Å². The molecule has 0 unspecified atom stereocenters. The van der Waals surface area contributed by atoms with E-state index in [0.29, 0.717) is 5.92 Å². The normalized spacial score (nSPS) is 23.7. The third-order valence-electron chi connectivity index (χ3n) is 2.74. The standard InChI is InChI=1S/C10H15NO2/c12-10(13)7-9(8-3-4-8)11-5-1-2-6-11/h7-8H,1-6H2,(H,12,13). The molecule has 0 bridgehead atoms. The van der Waals surface area contributed by atoms with Gasteiger partial charge in [-0.3, -0.25) is 0 Å². The molecule has 0 amide bonds. The molecule has 3 heteroatoms. The summed E-state index contributed by atoms with van der Waals surface area (Å²) in [6.45, 7) is 2.10. The largest absolute Gasteiger partial charge is 0.478 e. The Morgan fingerprint density at radius 3 is 2.38 bits per heavy atom. The molecule has 1 heterocycles. The summed E-state index contributed by atoms with van der Waals surface area (Å²) in [6.07, 6.45) is 6.18. The highest BCUT2D eigenvalue weighted by Gasteiger charge is 2.31. The second-order valence-corrected chi connectivity index (χ2v) is 3.88. The highest BCUT2D eigenvalue weighted by atomic mass is 16.4. The molecule has 2 aliphatic rings. The zero-order valence-electron chi connectivity index (χ0n) is 7.70. The lowest BCUT2D eigenvalue weighted by Gasteiger charge is -2.20. The van der Waals surface area contributed by atoms with Gasteiger partial charge in [-0.1, -0.05) is 0 Å². The Kier molecular flexibility index (Phi) is 2.25. The quantitative estimate of drug-likeness (QED) is 0.670. The molecule has 0 atom stereocenters. The van der Waals surface area contributed by atoms with Gasteiger partial charge in [-0.2, -0.15) is 0 Å². The van der Waals surface area contributed by atoms with Crippen molar-refractivity contribution in [3.8, 4) is 0 Å². The molecule has 1 N–H and O–H groups in total. The maximum Gasteiger partial charge on any atom is 0.330 e. The van der Waals surface area contributed by atoms with Crippen molar-refractivity contribution < 1.29 is 9.90 Å². The van der Waals surface area contributed by atoms with Gasteiger partial charge in [0, 0.05) is 24.9 Å². The minimum Gasteiger partial charge on any atom is -0.478 e. The Labute approximate surface area is 78.0 Å². The Hall–Kier alpha value is -0.990. The molecule has 0 aromatic rings. The first kappa shape index (κ1) is 8.60. The number of hydrogen-bond donors (Lipinski definition) is 1. The topological polar surface area (TPSA) is 40.5 Å². The van der Waals surface area contributed by atoms with Crippen LogP contribution in [0.3, 0.4) is 0 Å². The van der Waals surface area contributed by atoms with E-state index in [9.17, 15) is 4.79 Å². The zero-order chi connectivity index (χ0) is 9.26. The Balaban J connectivity index is 2.07. The summed E-state index contributed by atoms with van der Waals surface area (Å²) < 4.78 is 0. The lowest BCUT2D eigenvalue weighted by molar-refractivity contribution is -0.131. The van der Waals surface area contributed by atoms with Crippen molar-refractivity contribution in [1.82, 2.24) is 4.90 Å². The molecular weight excluding hydrogens is 166 g/mol. The molecule has 13 heavy (non-hydrogen) atoms. The van der Waals surface area contributed by atoms with Gasteiger partial charge in [0.15, 0.2) is 0 Å². The van der Waals surface area contributed by atoms with Crippen LogP contribution in [0.4, 0.5) is 0 Å². The molecule has 2 rings (SSSR count). The van der Waals surface area contributed by atoms with Crippen LogP contribution in [0.5, 0.6) is 0 Å². The van der Waals surface area contributed by atoms with Gasteiger partial charge in [-0.25, -0.2) is 4.79 Å². The van der Waals surface area contributed by atoms with E-state index >= 15 is 0 Å². The van der Waals surface area contributed by atoms with Gasteiger partial charge >= 0.3 is 5.97 Å². The Morgan fingerprint density at radius 2 is 1.92 bits per heavy atom. The molecular formula is C10H15NO2. The fraction of sp³-hybridized carbons (Fsp3) is 0.700. The van der Waals surface area contributed by atoms with Crippen LogP contribution in [0, 0.1) is 5.92 Å². The minimum atomic E-state index is -0.797. The van der Waals surface area contributed by atoms with Crippen molar-refractivity contribution in [2.45, 2.75) is 25.7 Å². The first-order chi connectivity index (χ1) is 6.27. The number of likely N-dealkylation sites (tertiary alicyclic amines) is 1. The summed E-state index contributed by atoms with van der Waals surface area (Å²) >= 11 is 0. The van der Waals surface area contributed by atoms with Crippen LogP contribution < -0.4 is 0 Å². The molecule has 1 aliphatic carbocycles. The predicted octanol–water partition coefficient (Wildman–Crippen LogP) is 1.46. The molecule has 1 saturated carbocycles. The number of carboxylic acids is 1. The van der Waals surface area contributed by atoms with E-state index in [2.05, 4.69) is 4.90 Å². The molecule has 0 radical (unpaired) electrons. The van der Waals surface area contributed by atoms with Crippen molar-refractivity contribution >= 4 is 5.97 Å². The van der Waals surface area contributed by atoms with Crippen LogP contribution in [-0.4, -0.2) is 29.1 Å². The smallest absolute Gasteiger partial charge is 0.330 e. The van der Waals surface area contributed by atoms with Gasteiger partial charge in [-0.05, 0) is 31.6 Å². The van der Waals surface area contributed by atoms with Crippen LogP contribution in [0.1, 0.15) is 25.7 Å². The minimum absolute atomic E-state index is 0.550. The molecule has 0 spiro atoms. The maximum absolute atomic E-state index is 10.6. The fourth-order valence-electron chi connectivity index (χ4n) is 1.95. The van der Waals surface area contributed by atoms with E-state index in [1.807, 2.05) is 0 Å². The fourth-order valence-corrected chi connectivity index (χ4v) is 1.95. The third-order valence-corrected chi connectivity index (χ3v) is 2.74. The molecule has 72 valence electrons. The highest BCUT2D eigenvalue weighted by molar-refractivity contribution is 5.80. The van der Waals surface area contributed by atoms with Gasteiger partial charge in [0.2, 0.25) is 0 Å². The van der Waals surface area contributed by atoms with Gasteiger partial charge in [0.25, 0.3) is 0 Å². The van der Waals surface area contributed by atoms with Gasteiger partial charge in [-0.15, -0.1) is 0 Å². The van der Waals surface area contributed by atoms with E-state index in [1.54, 1.807) is 0 Å². The van der Waals surface area contributed by atoms with Crippen molar-refractivity contribution in [3.05, 3.63) is 11.8 Å².